The molecule has 3 nitrogen and oxygen atoms in total. The second-order valence-corrected chi connectivity index (χ2v) is 5.28. The Morgan fingerprint density at radius 3 is 2.52 bits per heavy atom. The van der Waals surface area contributed by atoms with E-state index in [2.05, 4.69) is 10.3 Å². The Labute approximate surface area is 131 Å². The number of halogens is 2. The molecule has 0 aliphatic rings. The third-order valence-electron chi connectivity index (χ3n) is 3.06. The van der Waals surface area contributed by atoms with Gasteiger partial charge in [-0.2, -0.15) is 0 Å². The van der Waals surface area contributed by atoms with Crippen molar-refractivity contribution in [3.63, 3.8) is 0 Å². The van der Waals surface area contributed by atoms with Crippen molar-refractivity contribution >= 4 is 45.7 Å². The zero-order chi connectivity index (χ0) is 14.8. The van der Waals surface area contributed by atoms with E-state index in [1.807, 2.05) is 18.2 Å². The molecule has 3 aromatic rings. The van der Waals surface area contributed by atoms with E-state index in [4.69, 9.17) is 23.2 Å². The van der Waals surface area contributed by atoms with Gasteiger partial charge in [0.2, 0.25) is 0 Å². The zero-order valence-electron chi connectivity index (χ0n) is 10.8. The maximum atomic E-state index is 12.3. The first-order chi connectivity index (χ1) is 10.1. The van der Waals surface area contributed by atoms with Crippen LogP contribution in [0.4, 0.5) is 5.69 Å². The highest BCUT2D eigenvalue weighted by molar-refractivity contribution is 6.38. The minimum Gasteiger partial charge on any atom is -0.322 e. The van der Waals surface area contributed by atoms with Gasteiger partial charge in [-0.1, -0.05) is 35.3 Å². The van der Waals surface area contributed by atoms with Gasteiger partial charge < -0.3 is 5.32 Å². The van der Waals surface area contributed by atoms with Gasteiger partial charge >= 0.3 is 0 Å². The van der Waals surface area contributed by atoms with E-state index in [1.54, 1.807) is 36.5 Å². The molecule has 1 heterocycles. The lowest BCUT2D eigenvalue weighted by Crippen LogP contribution is -2.12. The number of aromatic nitrogens is 1. The average Bonchev–Trinajstić information content (AvgIpc) is 2.50. The summed E-state index contributed by atoms with van der Waals surface area (Å²) in [5.74, 6) is -0.283. The summed E-state index contributed by atoms with van der Waals surface area (Å²) in [5, 5.41) is 4.63. The fraction of sp³-hybridized carbons (Fsp3) is 0. The van der Waals surface area contributed by atoms with Gasteiger partial charge in [0.15, 0.2) is 0 Å². The van der Waals surface area contributed by atoms with E-state index < -0.39 is 0 Å². The number of pyridine rings is 1. The monoisotopic (exact) mass is 316 g/mol. The Morgan fingerprint density at radius 2 is 1.76 bits per heavy atom. The van der Waals surface area contributed by atoms with E-state index in [0.717, 1.165) is 5.39 Å². The lowest BCUT2D eigenvalue weighted by atomic mass is 10.1. The van der Waals surface area contributed by atoms with Gasteiger partial charge in [-0.3, -0.25) is 9.78 Å². The van der Waals surface area contributed by atoms with Crippen LogP contribution in [-0.4, -0.2) is 10.9 Å². The smallest absolute Gasteiger partial charge is 0.257 e. The number of fused-ring (bicyclic) bond motifs is 1. The van der Waals surface area contributed by atoms with Crippen LogP contribution in [0, 0.1) is 0 Å². The average molecular weight is 317 g/mol. The van der Waals surface area contributed by atoms with E-state index in [0.29, 0.717) is 26.8 Å². The third kappa shape index (κ3) is 2.84. The minimum atomic E-state index is -0.283. The maximum absolute atomic E-state index is 12.3. The molecule has 0 saturated heterocycles. The molecular formula is C16H10Cl2N2O. The number of anilines is 1. The van der Waals surface area contributed by atoms with Crippen molar-refractivity contribution in [2.45, 2.75) is 0 Å². The topological polar surface area (TPSA) is 42.0 Å². The second-order valence-electron chi connectivity index (χ2n) is 4.46. The fourth-order valence-electron chi connectivity index (χ4n) is 2.02. The molecule has 0 unspecified atom stereocenters. The number of carbonyl (C=O) groups excluding carboxylic acids is 1. The van der Waals surface area contributed by atoms with Crippen LogP contribution in [0.1, 0.15) is 10.4 Å². The molecule has 0 aliphatic carbocycles. The van der Waals surface area contributed by atoms with Gasteiger partial charge in [0.05, 0.1) is 16.1 Å². The van der Waals surface area contributed by atoms with Crippen LogP contribution in [0.15, 0.2) is 54.7 Å². The Kier molecular flexibility index (Phi) is 3.78. The standard InChI is InChI=1S/C16H10Cl2N2O/c17-11-4-6-12(7-5-11)20-16(21)13-8-3-10-2-1-9-19-15(10)14(13)18/h1-9H,(H,20,21). The SMILES string of the molecule is O=C(Nc1ccc(Cl)cc1)c1ccc2cccnc2c1Cl. The lowest BCUT2D eigenvalue weighted by molar-refractivity contribution is 0.102. The van der Waals surface area contributed by atoms with Crippen molar-refractivity contribution in [2.75, 3.05) is 5.32 Å². The molecule has 0 bridgehead atoms. The normalized spacial score (nSPS) is 10.6. The number of nitrogens with zero attached hydrogens (tertiary/aromatic N) is 1. The van der Waals surface area contributed by atoms with Gasteiger partial charge in [-0.05, 0) is 36.4 Å². The molecule has 0 atom stereocenters. The van der Waals surface area contributed by atoms with Crippen LogP contribution in [0.3, 0.4) is 0 Å². The van der Waals surface area contributed by atoms with Crippen molar-refractivity contribution in [3.05, 3.63) is 70.3 Å². The summed E-state index contributed by atoms with van der Waals surface area (Å²) in [6.07, 6.45) is 1.65. The highest BCUT2D eigenvalue weighted by Crippen LogP contribution is 2.26. The van der Waals surface area contributed by atoms with Gasteiger partial charge in [0.1, 0.15) is 0 Å². The van der Waals surface area contributed by atoms with Gasteiger partial charge in [0, 0.05) is 22.3 Å². The van der Waals surface area contributed by atoms with Crippen molar-refractivity contribution in [3.8, 4) is 0 Å². The summed E-state index contributed by atoms with van der Waals surface area (Å²) >= 11 is 12.1. The first-order valence-corrected chi connectivity index (χ1v) is 7.01. The largest absolute Gasteiger partial charge is 0.322 e. The Balaban J connectivity index is 1.94. The molecule has 0 saturated carbocycles. The molecule has 104 valence electrons. The van der Waals surface area contributed by atoms with Crippen LogP contribution in [0.25, 0.3) is 10.9 Å². The highest BCUT2D eigenvalue weighted by Gasteiger charge is 2.13. The lowest BCUT2D eigenvalue weighted by Gasteiger charge is -2.08. The summed E-state index contributed by atoms with van der Waals surface area (Å²) in [7, 11) is 0. The Bertz CT molecular complexity index is 816. The summed E-state index contributed by atoms with van der Waals surface area (Å²) < 4.78 is 0. The summed E-state index contributed by atoms with van der Waals surface area (Å²) in [6, 6.07) is 14.1. The van der Waals surface area contributed by atoms with E-state index in [1.165, 1.54) is 0 Å². The molecule has 5 heteroatoms. The van der Waals surface area contributed by atoms with Crippen molar-refractivity contribution in [1.82, 2.24) is 4.98 Å². The number of hydrogen-bond donors (Lipinski definition) is 1. The summed E-state index contributed by atoms with van der Waals surface area (Å²) in [5.41, 5.74) is 1.65. The fourth-order valence-corrected chi connectivity index (χ4v) is 2.45. The predicted molar refractivity (Wildman–Crippen MR) is 86.2 cm³/mol. The molecule has 1 N–H and O–H groups in total. The first-order valence-electron chi connectivity index (χ1n) is 6.25. The van der Waals surface area contributed by atoms with Gasteiger partial charge in [-0.25, -0.2) is 0 Å². The molecule has 1 amide bonds. The van der Waals surface area contributed by atoms with E-state index >= 15 is 0 Å². The van der Waals surface area contributed by atoms with Crippen molar-refractivity contribution < 1.29 is 4.79 Å². The zero-order valence-corrected chi connectivity index (χ0v) is 12.3. The number of benzene rings is 2. The molecular weight excluding hydrogens is 307 g/mol. The number of rotatable bonds is 2. The number of hydrogen-bond acceptors (Lipinski definition) is 2. The van der Waals surface area contributed by atoms with Crippen molar-refractivity contribution in [1.29, 1.82) is 0 Å². The van der Waals surface area contributed by atoms with Gasteiger partial charge in [-0.15, -0.1) is 0 Å². The second kappa shape index (κ2) is 5.72. The van der Waals surface area contributed by atoms with Crippen LogP contribution in [0.5, 0.6) is 0 Å². The van der Waals surface area contributed by atoms with E-state index in [-0.39, 0.29) is 5.91 Å². The van der Waals surface area contributed by atoms with Crippen LogP contribution in [-0.2, 0) is 0 Å². The molecule has 1 aromatic heterocycles. The van der Waals surface area contributed by atoms with Crippen LogP contribution >= 0.6 is 23.2 Å². The number of carbonyl (C=O) groups is 1. The molecule has 0 spiro atoms. The molecule has 0 aliphatic heterocycles. The van der Waals surface area contributed by atoms with E-state index in [9.17, 15) is 4.79 Å². The minimum absolute atomic E-state index is 0.283. The van der Waals surface area contributed by atoms with Crippen molar-refractivity contribution in [2.24, 2.45) is 0 Å². The predicted octanol–water partition coefficient (Wildman–Crippen LogP) is 4.79. The summed E-state index contributed by atoms with van der Waals surface area (Å²) in [6.45, 7) is 0. The molecule has 3 rings (SSSR count). The van der Waals surface area contributed by atoms with Gasteiger partial charge in [0.25, 0.3) is 5.91 Å². The third-order valence-corrected chi connectivity index (χ3v) is 3.69. The van der Waals surface area contributed by atoms with Crippen LogP contribution in [0.2, 0.25) is 10.0 Å². The molecule has 21 heavy (non-hydrogen) atoms. The highest BCUT2D eigenvalue weighted by atomic mass is 35.5. The molecule has 0 fully saturated rings. The quantitative estimate of drug-likeness (QED) is 0.738. The molecule has 2 aromatic carbocycles. The first kappa shape index (κ1) is 13.9. The molecule has 0 radical (unpaired) electrons. The summed E-state index contributed by atoms with van der Waals surface area (Å²) in [4.78, 5) is 16.5. The number of amides is 1. The Morgan fingerprint density at radius 1 is 1.00 bits per heavy atom. The number of nitrogens with one attached hydrogen (secondary N) is 1. The maximum Gasteiger partial charge on any atom is 0.257 e. The Hall–Kier alpha value is -2.10. The van der Waals surface area contributed by atoms with Crippen LogP contribution < -0.4 is 5.32 Å².